The number of hydrogen-bond donors (Lipinski definition) is 1. The van der Waals surface area contributed by atoms with E-state index in [0.29, 0.717) is 18.2 Å². The maximum absolute atomic E-state index is 13.0. The van der Waals surface area contributed by atoms with Gasteiger partial charge in [0.25, 0.3) is 0 Å². The zero-order valence-corrected chi connectivity index (χ0v) is 10.4. The molecule has 2 N–H and O–H groups in total. The Morgan fingerprint density at radius 3 is 2.67 bits per heavy atom. The van der Waals surface area contributed by atoms with Gasteiger partial charge in [-0.05, 0) is 49.2 Å². The van der Waals surface area contributed by atoms with Gasteiger partial charge >= 0.3 is 0 Å². The minimum Gasteiger partial charge on any atom is -0.438 e. The van der Waals surface area contributed by atoms with Crippen LogP contribution in [0.25, 0.3) is 0 Å². The van der Waals surface area contributed by atoms with Crippen molar-refractivity contribution in [3.63, 3.8) is 0 Å². The second-order valence-corrected chi connectivity index (χ2v) is 4.13. The summed E-state index contributed by atoms with van der Waals surface area (Å²) in [5, 5.41) is 0. The predicted octanol–water partition coefficient (Wildman–Crippen LogP) is 3.09. The van der Waals surface area contributed by atoms with Gasteiger partial charge in [0.05, 0.1) is 0 Å². The number of nitrogens with zero attached hydrogens (tertiary/aromatic N) is 1. The van der Waals surface area contributed by atoms with Crippen LogP contribution >= 0.6 is 0 Å². The fourth-order valence-electron chi connectivity index (χ4n) is 1.73. The number of hydrogen-bond acceptors (Lipinski definition) is 3. The first-order valence-electron chi connectivity index (χ1n) is 5.70. The quantitative estimate of drug-likeness (QED) is 0.905. The molecule has 1 aromatic heterocycles. The van der Waals surface area contributed by atoms with E-state index in [4.69, 9.17) is 10.5 Å². The van der Waals surface area contributed by atoms with E-state index in [0.717, 1.165) is 16.7 Å². The van der Waals surface area contributed by atoms with E-state index in [2.05, 4.69) is 4.98 Å². The van der Waals surface area contributed by atoms with Crippen molar-refractivity contribution in [3.05, 3.63) is 53.0 Å². The second-order valence-electron chi connectivity index (χ2n) is 4.13. The molecule has 94 valence electrons. The third-order valence-electron chi connectivity index (χ3n) is 2.80. The molecule has 1 aromatic carbocycles. The minimum atomic E-state index is -0.281. The summed E-state index contributed by atoms with van der Waals surface area (Å²) in [7, 11) is 0. The van der Waals surface area contributed by atoms with Crippen molar-refractivity contribution in [1.82, 2.24) is 4.98 Å². The number of aromatic nitrogens is 1. The fourth-order valence-corrected chi connectivity index (χ4v) is 1.73. The van der Waals surface area contributed by atoms with E-state index in [-0.39, 0.29) is 5.82 Å². The average molecular weight is 246 g/mol. The zero-order chi connectivity index (χ0) is 13.1. The molecule has 0 spiro atoms. The number of aryl methyl sites for hydroxylation is 2. The van der Waals surface area contributed by atoms with Gasteiger partial charge in [0.2, 0.25) is 5.88 Å². The molecule has 3 nitrogen and oxygen atoms in total. The first-order valence-corrected chi connectivity index (χ1v) is 5.70. The molecule has 0 aliphatic carbocycles. The molecule has 0 bridgehead atoms. The molecule has 2 rings (SSSR count). The summed E-state index contributed by atoms with van der Waals surface area (Å²) in [5.74, 6) is 0.785. The molecule has 18 heavy (non-hydrogen) atoms. The van der Waals surface area contributed by atoms with Crippen molar-refractivity contribution in [2.24, 2.45) is 5.73 Å². The number of nitrogens with two attached hydrogens (primary N) is 1. The Morgan fingerprint density at radius 2 is 2.00 bits per heavy atom. The maximum Gasteiger partial charge on any atom is 0.223 e. The Labute approximate surface area is 105 Å². The number of halogens is 1. The van der Waals surface area contributed by atoms with Crippen LogP contribution in [0.5, 0.6) is 11.6 Å². The molecule has 0 unspecified atom stereocenters. The summed E-state index contributed by atoms with van der Waals surface area (Å²) >= 11 is 0. The lowest BCUT2D eigenvalue weighted by Crippen LogP contribution is -2.04. The highest BCUT2D eigenvalue weighted by Gasteiger charge is 2.09. The lowest BCUT2D eigenvalue weighted by Gasteiger charge is -2.12. The lowest BCUT2D eigenvalue weighted by molar-refractivity contribution is 0.450. The number of ether oxygens (including phenoxy) is 1. The van der Waals surface area contributed by atoms with Gasteiger partial charge in [0.1, 0.15) is 11.6 Å². The van der Waals surface area contributed by atoms with Crippen molar-refractivity contribution < 1.29 is 9.13 Å². The first-order chi connectivity index (χ1) is 8.61. The van der Waals surface area contributed by atoms with Crippen molar-refractivity contribution >= 4 is 0 Å². The van der Waals surface area contributed by atoms with Gasteiger partial charge in [-0.25, -0.2) is 9.37 Å². The van der Waals surface area contributed by atoms with Crippen LogP contribution in [0.4, 0.5) is 4.39 Å². The monoisotopic (exact) mass is 246 g/mol. The molecular weight excluding hydrogens is 231 g/mol. The van der Waals surface area contributed by atoms with E-state index >= 15 is 0 Å². The SMILES string of the molecule is Cc1cc(F)ccc1Oc1nccc(C)c1CN. The summed E-state index contributed by atoms with van der Waals surface area (Å²) in [6.45, 7) is 4.10. The lowest BCUT2D eigenvalue weighted by atomic mass is 10.1. The van der Waals surface area contributed by atoms with Gasteiger partial charge < -0.3 is 10.5 Å². The Balaban J connectivity index is 2.37. The smallest absolute Gasteiger partial charge is 0.223 e. The minimum absolute atomic E-state index is 0.281. The van der Waals surface area contributed by atoms with E-state index < -0.39 is 0 Å². The molecule has 0 atom stereocenters. The molecule has 0 aliphatic heterocycles. The zero-order valence-electron chi connectivity index (χ0n) is 10.4. The fraction of sp³-hybridized carbons (Fsp3) is 0.214. The highest BCUT2D eigenvalue weighted by Crippen LogP contribution is 2.27. The maximum atomic E-state index is 13.0. The predicted molar refractivity (Wildman–Crippen MR) is 68.1 cm³/mol. The Hall–Kier alpha value is -1.94. The van der Waals surface area contributed by atoms with E-state index in [1.165, 1.54) is 12.1 Å². The first kappa shape index (κ1) is 12.5. The van der Waals surface area contributed by atoms with Crippen molar-refractivity contribution in [2.75, 3.05) is 0 Å². The van der Waals surface area contributed by atoms with Gasteiger partial charge in [-0.2, -0.15) is 0 Å². The molecule has 4 heteroatoms. The van der Waals surface area contributed by atoms with Gasteiger partial charge in [-0.15, -0.1) is 0 Å². The molecule has 0 aliphatic rings. The Morgan fingerprint density at radius 1 is 1.22 bits per heavy atom. The number of pyridine rings is 1. The van der Waals surface area contributed by atoms with Crippen molar-refractivity contribution in [1.29, 1.82) is 0 Å². The number of rotatable bonds is 3. The van der Waals surface area contributed by atoms with Crippen LogP contribution in [0.3, 0.4) is 0 Å². The summed E-state index contributed by atoms with van der Waals surface area (Å²) in [6, 6.07) is 6.26. The van der Waals surface area contributed by atoms with Crippen LogP contribution in [-0.4, -0.2) is 4.98 Å². The van der Waals surface area contributed by atoms with Crippen LogP contribution in [0, 0.1) is 19.7 Å². The Bertz CT molecular complexity index is 570. The summed E-state index contributed by atoms with van der Waals surface area (Å²) in [6.07, 6.45) is 1.67. The molecule has 0 radical (unpaired) electrons. The van der Waals surface area contributed by atoms with Crippen molar-refractivity contribution in [2.45, 2.75) is 20.4 Å². The summed E-state index contributed by atoms with van der Waals surface area (Å²) < 4.78 is 18.7. The van der Waals surface area contributed by atoms with Crippen LogP contribution < -0.4 is 10.5 Å². The van der Waals surface area contributed by atoms with Crippen LogP contribution in [-0.2, 0) is 6.54 Å². The van der Waals surface area contributed by atoms with Gasteiger partial charge in [-0.1, -0.05) is 0 Å². The van der Waals surface area contributed by atoms with E-state index in [1.807, 2.05) is 13.0 Å². The van der Waals surface area contributed by atoms with Crippen LogP contribution in [0.1, 0.15) is 16.7 Å². The molecule has 0 amide bonds. The third-order valence-corrected chi connectivity index (χ3v) is 2.80. The summed E-state index contributed by atoms with van der Waals surface area (Å²) in [4.78, 5) is 4.17. The van der Waals surface area contributed by atoms with Gasteiger partial charge in [0.15, 0.2) is 0 Å². The molecule has 0 saturated heterocycles. The summed E-state index contributed by atoms with van der Waals surface area (Å²) in [5.41, 5.74) is 8.30. The normalized spacial score (nSPS) is 10.4. The van der Waals surface area contributed by atoms with E-state index in [9.17, 15) is 4.39 Å². The molecule has 0 saturated carbocycles. The largest absolute Gasteiger partial charge is 0.438 e. The van der Waals surface area contributed by atoms with Crippen LogP contribution in [0.2, 0.25) is 0 Å². The third kappa shape index (κ3) is 2.49. The van der Waals surface area contributed by atoms with Gasteiger partial charge in [0, 0.05) is 18.3 Å². The highest BCUT2D eigenvalue weighted by molar-refractivity contribution is 5.40. The second kappa shape index (κ2) is 5.14. The highest BCUT2D eigenvalue weighted by atomic mass is 19.1. The van der Waals surface area contributed by atoms with E-state index in [1.54, 1.807) is 19.2 Å². The Kier molecular flexibility index (Phi) is 3.58. The average Bonchev–Trinajstić information content (AvgIpc) is 2.33. The molecule has 0 fully saturated rings. The molecular formula is C14H15FN2O. The standard InChI is InChI=1S/C14H15FN2O/c1-9-5-6-17-14(12(9)8-16)18-13-4-3-11(15)7-10(13)2/h3-7H,8,16H2,1-2H3. The van der Waals surface area contributed by atoms with Crippen LogP contribution in [0.15, 0.2) is 30.5 Å². The van der Waals surface area contributed by atoms with Gasteiger partial charge in [-0.3, -0.25) is 0 Å². The molecule has 1 heterocycles. The molecule has 2 aromatic rings. The number of benzene rings is 1. The van der Waals surface area contributed by atoms with Crippen molar-refractivity contribution in [3.8, 4) is 11.6 Å². The topological polar surface area (TPSA) is 48.1 Å².